The molecule has 2 amide bonds. The molecule has 2 atom stereocenters. The number of piperidine rings is 1. The molecule has 24 heavy (non-hydrogen) atoms. The number of nitrogens with one attached hydrogen (secondary N) is 1. The third-order valence-electron chi connectivity index (χ3n) is 4.40. The van der Waals surface area contributed by atoms with E-state index in [1.807, 2.05) is 17.8 Å². The second-order valence-electron chi connectivity index (χ2n) is 6.11. The highest BCUT2D eigenvalue weighted by molar-refractivity contribution is 5.84. The Labute approximate surface area is 142 Å². The van der Waals surface area contributed by atoms with Crippen LogP contribution in [0.3, 0.4) is 0 Å². The molecular weight excluding hydrogens is 312 g/mol. The van der Waals surface area contributed by atoms with Gasteiger partial charge >= 0.3 is 0 Å². The minimum atomic E-state index is -0.378. The third kappa shape index (κ3) is 3.93. The summed E-state index contributed by atoms with van der Waals surface area (Å²) in [6.45, 7) is 0.738. The van der Waals surface area contributed by atoms with Crippen molar-refractivity contribution < 1.29 is 19.1 Å². The molecule has 0 unspecified atom stereocenters. The summed E-state index contributed by atoms with van der Waals surface area (Å²) in [6.07, 6.45) is 4.35. The number of hydrogen-bond donors (Lipinski definition) is 1. The number of nitrogens with zero attached hydrogens (tertiary/aromatic N) is 3. The molecule has 0 radical (unpaired) electrons. The highest BCUT2D eigenvalue weighted by atomic mass is 16.5. The predicted molar refractivity (Wildman–Crippen MR) is 87.1 cm³/mol. The summed E-state index contributed by atoms with van der Waals surface area (Å²) in [5, 5.41) is 2.97. The number of rotatable bonds is 7. The molecule has 0 saturated carbocycles. The number of aryl methyl sites for hydroxylation is 1. The van der Waals surface area contributed by atoms with Crippen molar-refractivity contribution >= 4 is 11.8 Å². The standard InChI is InChI=1S/C16H26N4O4/c1-19-8-7-17-15(19)14-12(5-6-13(21)20(14)2)16(22)18-11(9-23-3)10-24-4/h7-8,11-12,14H,5-6,9-10H2,1-4H3,(H,18,22)/t12-,14-/m0/s1. The maximum atomic E-state index is 12.8. The summed E-state index contributed by atoms with van der Waals surface area (Å²) >= 11 is 0. The molecule has 0 spiro atoms. The molecule has 2 heterocycles. The number of carbonyl (C=O) groups excluding carboxylic acids is 2. The Morgan fingerprint density at radius 2 is 2.04 bits per heavy atom. The predicted octanol–water partition coefficient (Wildman–Crippen LogP) is 0.107. The summed E-state index contributed by atoms with van der Waals surface area (Å²) in [6, 6.07) is -0.602. The van der Waals surface area contributed by atoms with Crippen LogP contribution < -0.4 is 5.32 Å². The minimum absolute atomic E-state index is 0.0254. The Hall–Kier alpha value is -1.93. The molecule has 0 aromatic carbocycles. The first-order valence-electron chi connectivity index (χ1n) is 8.00. The van der Waals surface area contributed by atoms with Crippen LogP contribution in [0.25, 0.3) is 0 Å². The SMILES string of the molecule is COCC(COC)NC(=O)[C@H]1CCC(=O)N(C)[C@@H]1c1nccn1C. The molecule has 1 fully saturated rings. The second kappa shape index (κ2) is 8.25. The van der Waals surface area contributed by atoms with Gasteiger partial charge in [0.15, 0.2) is 0 Å². The molecule has 1 aliphatic rings. The molecule has 1 aliphatic heterocycles. The largest absolute Gasteiger partial charge is 0.382 e. The fourth-order valence-electron chi connectivity index (χ4n) is 3.17. The number of ether oxygens (including phenoxy) is 2. The van der Waals surface area contributed by atoms with Crippen LogP contribution in [-0.4, -0.2) is 66.8 Å². The molecule has 2 rings (SSSR count). The summed E-state index contributed by atoms with van der Waals surface area (Å²) in [5.74, 6) is 0.268. The first-order chi connectivity index (χ1) is 11.5. The van der Waals surface area contributed by atoms with Gasteiger partial charge < -0.3 is 24.3 Å². The van der Waals surface area contributed by atoms with E-state index in [1.165, 1.54) is 0 Å². The van der Waals surface area contributed by atoms with Gasteiger partial charge in [-0.1, -0.05) is 0 Å². The van der Waals surface area contributed by atoms with E-state index in [0.29, 0.717) is 31.9 Å². The molecule has 1 saturated heterocycles. The van der Waals surface area contributed by atoms with Gasteiger partial charge in [0.05, 0.1) is 25.2 Å². The van der Waals surface area contributed by atoms with Crippen molar-refractivity contribution in [2.45, 2.75) is 24.9 Å². The summed E-state index contributed by atoms with van der Waals surface area (Å²) in [5.41, 5.74) is 0. The van der Waals surface area contributed by atoms with Crippen molar-refractivity contribution in [3.63, 3.8) is 0 Å². The normalized spacial score (nSPS) is 21.4. The van der Waals surface area contributed by atoms with Crippen molar-refractivity contribution in [2.24, 2.45) is 13.0 Å². The Kier molecular flexibility index (Phi) is 6.33. The topological polar surface area (TPSA) is 85.7 Å². The van der Waals surface area contributed by atoms with Crippen LogP contribution in [0.5, 0.6) is 0 Å². The first kappa shape index (κ1) is 18.4. The van der Waals surface area contributed by atoms with E-state index < -0.39 is 0 Å². The van der Waals surface area contributed by atoms with Crippen molar-refractivity contribution in [2.75, 3.05) is 34.5 Å². The average Bonchev–Trinajstić information content (AvgIpc) is 2.96. The van der Waals surface area contributed by atoms with E-state index in [1.54, 1.807) is 32.4 Å². The lowest BCUT2D eigenvalue weighted by atomic mass is 9.87. The number of amides is 2. The number of aromatic nitrogens is 2. The lowest BCUT2D eigenvalue weighted by Gasteiger charge is -2.38. The van der Waals surface area contributed by atoms with Crippen molar-refractivity contribution in [3.8, 4) is 0 Å². The maximum absolute atomic E-state index is 12.8. The first-order valence-corrected chi connectivity index (χ1v) is 8.00. The molecule has 134 valence electrons. The van der Waals surface area contributed by atoms with Gasteiger partial charge in [-0.2, -0.15) is 0 Å². The summed E-state index contributed by atoms with van der Waals surface area (Å²) in [7, 11) is 6.75. The second-order valence-corrected chi connectivity index (χ2v) is 6.11. The van der Waals surface area contributed by atoms with Crippen molar-refractivity contribution in [3.05, 3.63) is 18.2 Å². The Morgan fingerprint density at radius 3 is 2.58 bits per heavy atom. The van der Waals surface area contributed by atoms with Crippen LogP contribution in [0.1, 0.15) is 24.7 Å². The fraction of sp³-hybridized carbons (Fsp3) is 0.688. The van der Waals surface area contributed by atoms with E-state index in [0.717, 1.165) is 0 Å². The van der Waals surface area contributed by atoms with Crippen molar-refractivity contribution in [1.82, 2.24) is 19.8 Å². The van der Waals surface area contributed by atoms with Gasteiger partial charge in [0.2, 0.25) is 11.8 Å². The lowest BCUT2D eigenvalue weighted by Crippen LogP contribution is -2.50. The summed E-state index contributed by atoms with van der Waals surface area (Å²) in [4.78, 5) is 30.9. The molecule has 0 aliphatic carbocycles. The lowest BCUT2D eigenvalue weighted by molar-refractivity contribution is -0.142. The van der Waals surface area contributed by atoms with E-state index in [4.69, 9.17) is 9.47 Å². The monoisotopic (exact) mass is 338 g/mol. The molecule has 0 bridgehead atoms. The third-order valence-corrected chi connectivity index (χ3v) is 4.40. The van der Waals surface area contributed by atoms with E-state index >= 15 is 0 Å². The zero-order chi connectivity index (χ0) is 17.7. The van der Waals surface area contributed by atoms with Crippen LogP contribution in [0.4, 0.5) is 0 Å². The average molecular weight is 338 g/mol. The quantitative estimate of drug-likeness (QED) is 0.762. The molecule has 8 heteroatoms. The van der Waals surface area contributed by atoms with Crippen LogP contribution in [0, 0.1) is 5.92 Å². The number of methoxy groups -OCH3 is 2. The Morgan fingerprint density at radius 1 is 1.38 bits per heavy atom. The molecule has 8 nitrogen and oxygen atoms in total. The number of likely N-dealkylation sites (tertiary alicyclic amines) is 1. The molecule has 1 N–H and O–H groups in total. The van der Waals surface area contributed by atoms with Crippen LogP contribution in [-0.2, 0) is 26.1 Å². The number of carbonyl (C=O) groups is 2. The Bertz CT molecular complexity index is 568. The van der Waals surface area contributed by atoms with Gasteiger partial charge in [-0.15, -0.1) is 0 Å². The highest BCUT2D eigenvalue weighted by Gasteiger charge is 2.41. The van der Waals surface area contributed by atoms with Gasteiger partial charge in [0.25, 0.3) is 0 Å². The van der Waals surface area contributed by atoms with Gasteiger partial charge in [0, 0.05) is 47.1 Å². The smallest absolute Gasteiger partial charge is 0.226 e. The Balaban J connectivity index is 2.20. The molecular formula is C16H26N4O4. The molecule has 1 aromatic heterocycles. The van der Waals surface area contributed by atoms with E-state index in [2.05, 4.69) is 10.3 Å². The highest BCUT2D eigenvalue weighted by Crippen LogP contribution is 2.34. The fourth-order valence-corrected chi connectivity index (χ4v) is 3.17. The van der Waals surface area contributed by atoms with Crippen LogP contribution >= 0.6 is 0 Å². The van der Waals surface area contributed by atoms with E-state index in [-0.39, 0.29) is 29.8 Å². The minimum Gasteiger partial charge on any atom is -0.382 e. The van der Waals surface area contributed by atoms with Crippen LogP contribution in [0.15, 0.2) is 12.4 Å². The van der Waals surface area contributed by atoms with Gasteiger partial charge in [-0.3, -0.25) is 9.59 Å². The number of hydrogen-bond acceptors (Lipinski definition) is 5. The zero-order valence-electron chi connectivity index (χ0n) is 14.7. The van der Waals surface area contributed by atoms with Gasteiger partial charge in [-0.05, 0) is 6.42 Å². The maximum Gasteiger partial charge on any atom is 0.226 e. The van der Waals surface area contributed by atoms with Gasteiger partial charge in [0.1, 0.15) is 11.9 Å². The summed E-state index contributed by atoms with van der Waals surface area (Å²) < 4.78 is 12.1. The number of imidazole rings is 1. The molecule has 1 aromatic rings. The van der Waals surface area contributed by atoms with Gasteiger partial charge in [-0.25, -0.2) is 4.98 Å². The van der Waals surface area contributed by atoms with Crippen LogP contribution in [0.2, 0.25) is 0 Å². The van der Waals surface area contributed by atoms with E-state index in [9.17, 15) is 9.59 Å². The van der Waals surface area contributed by atoms with Crippen molar-refractivity contribution in [1.29, 1.82) is 0 Å². The zero-order valence-corrected chi connectivity index (χ0v) is 14.7.